The Morgan fingerprint density at radius 2 is 2.38 bits per heavy atom. The van der Waals surface area contributed by atoms with Gasteiger partial charge in [0.15, 0.2) is 5.76 Å². The van der Waals surface area contributed by atoms with Gasteiger partial charge in [0.2, 0.25) is 6.29 Å². The van der Waals surface area contributed by atoms with Gasteiger partial charge in [-0.2, -0.15) is 0 Å². The van der Waals surface area contributed by atoms with E-state index in [4.69, 9.17) is 25.5 Å². The first-order valence-corrected chi connectivity index (χ1v) is 4.72. The molecule has 4 heteroatoms. The molecule has 1 aliphatic heterocycles. The van der Waals surface area contributed by atoms with Crippen molar-refractivity contribution in [3.8, 4) is 0 Å². The van der Waals surface area contributed by atoms with Gasteiger partial charge in [0, 0.05) is 0 Å². The van der Waals surface area contributed by atoms with E-state index < -0.39 is 0 Å². The standard InChI is InChI=1S/C9H11ClO3/c1-6-2-3-8(12-6)9-11-5-7(4-10)13-9/h2-3,7,9H,4-5H2,1H3. The van der Waals surface area contributed by atoms with Crippen LogP contribution in [0, 0.1) is 6.92 Å². The van der Waals surface area contributed by atoms with E-state index in [1.54, 1.807) is 0 Å². The predicted octanol–water partition coefficient (Wildman–Crippen LogP) is 2.24. The van der Waals surface area contributed by atoms with Gasteiger partial charge in [0.1, 0.15) is 5.76 Å². The Balaban J connectivity index is 2.03. The number of hydrogen-bond acceptors (Lipinski definition) is 3. The Kier molecular flexibility index (Phi) is 2.58. The van der Waals surface area contributed by atoms with E-state index in [0.29, 0.717) is 18.2 Å². The van der Waals surface area contributed by atoms with Crippen LogP contribution in [0.2, 0.25) is 0 Å². The first-order valence-electron chi connectivity index (χ1n) is 4.19. The van der Waals surface area contributed by atoms with E-state index in [2.05, 4.69) is 0 Å². The molecule has 0 N–H and O–H groups in total. The normalized spacial score (nSPS) is 28.2. The van der Waals surface area contributed by atoms with Crippen LogP contribution in [0.3, 0.4) is 0 Å². The Hall–Kier alpha value is -0.510. The molecule has 0 amide bonds. The molecule has 1 fully saturated rings. The fourth-order valence-corrected chi connectivity index (χ4v) is 1.42. The van der Waals surface area contributed by atoms with Gasteiger partial charge >= 0.3 is 0 Å². The molecule has 1 aromatic heterocycles. The lowest BCUT2D eigenvalue weighted by Crippen LogP contribution is -2.10. The average molecular weight is 203 g/mol. The van der Waals surface area contributed by atoms with Crippen LogP contribution >= 0.6 is 11.6 Å². The summed E-state index contributed by atoms with van der Waals surface area (Å²) >= 11 is 5.63. The zero-order valence-electron chi connectivity index (χ0n) is 7.33. The van der Waals surface area contributed by atoms with Gasteiger partial charge in [0.05, 0.1) is 18.6 Å². The number of hydrogen-bond donors (Lipinski definition) is 0. The van der Waals surface area contributed by atoms with Crippen LogP contribution in [0.15, 0.2) is 16.5 Å². The predicted molar refractivity (Wildman–Crippen MR) is 47.7 cm³/mol. The van der Waals surface area contributed by atoms with Gasteiger partial charge in [-0.25, -0.2) is 0 Å². The lowest BCUT2D eigenvalue weighted by molar-refractivity contribution is -0.0710. The SMILES string of the molecule is Cc1ccc(C2OCC(CCl)O2)o1. The number of aryl methyl sites for hydroxylation is 1. The third-order valence-electron chi connectivity index (χ3n) is 1.92. The van der Waals surface area contributed by atoms with Crippen molar-refractivity contribution in [1.82, 2.24) is 0 Å². The highest BCUT2D eigenvalue weighted by Crippen LogP contribution is 2.28. The van der Waals surface area contributed by atoms with E-state index in [1.165, 1.54) is 0 Å². The number of ether oxygens (including phenoxy) is 2. The van der Waals surface area contributed by atoms with Gasteiger partial charge in [0.25, 0.3) is 0 Å². The summed E-state index contributed by atoms with van der Waals surface area (Å²) in [5.41, 5.74) is 0. The van der Waals surface area contributed by atoms with Crippen molar-refractivity contribution in [3.05, 3.63) is 23.7 Å². The van der Waals surface area contributed by atoms with Crippen molar-refractivity contribution in [3.63, 3.8) is 0 Å². The molecular formula is C9H11ClO3. The second kappa shape index (κ2) is 3.70. The Labute approximate surface area is 81.6 Å². The third-order valence-corrected chi connectivity index (χ3v) is 2.26. The molecule has 1 saturated heterocycles. The van der Waals surface area contributed by atoms with Crippen LogP contribution in [-0.4, -0.2) is 18.6 Å². The van der Waals surface area contributed by atoms with Crippen LogP contribution < -0.4 is 0 Å². The molecule has 0 saturated carbocycles. The van der Waals surface area contributed by atoms with Gasteiger partial charge in [-0.05, 0) is 19.1 Å². The van der Waals surface area contributed by atoms with Crippen molar-refractivity contribution in [2.75, 3.05) is 12.5 Å². The summed E-state index contributed by atoms with van der Waals surface area (Å²) < 4.78 is 16.2. The van der Waals surface area contributed by atoms with Crippen molar-refractivity contribution >= 4 is 11.6 Å². The Morgan fingerprint density at radius 3 is 2.92 bits per heavy atom. The Morgan fingerprint density at radius 1 is 1.54 bits per heavy atom. The minimum atomic E-state index is -0.377. The molecule has 3 nitrogen and oxygen atoms in total. The van der Waals surface area contributed by atoms with Crippen LogP contribution in [0.4, 0.5) is 0 Å². The summed E-state index contributed by atoms with van der Waals surface area (Å²) in [4.78, 5) is 0. The second-order valence-corrected chi connectivity index (χ2v) is 3.33. The molecule has 0 bridgehead atoms. The summed E-state index contributed by atoms with van der Waals surface area (Å²) in [7, 11) is 0. The zero-order valence-corrected chi connectivity index (χ0v) is 8.08. The molecule has 0 spiro atoms. The molecule has 0 radical (unpaired) electrons. The summed E-state index contributed by atoms with van der Waals surface area (Å²) in [6.45, 7) is 2.42. The van der Waals surface area contributed by atoms with E-state index in [9.17, 15) is 0 Å². The van der Waals surface area contributed by atoms with Crippen LogP contribution in [0.1, 0.15) is 17.8 Å². The number of halogens is 1. The molecule has 1 aliphatic rings. The number of rotatable bonds is 2. The van der Waals surface area contributed by atoms with Crippen LogP contribution in [0.25, 0.3) is 0 Å². The number of furan rings is 1. The summed E-state index contributed by atoms with van der Waals surface area (Å²) in [6, 6.07) is 3.74. The van der Waals surface area contributed by atoms with E-state index in [0.717, 1.165) is 5.76 Å². The van der Waals surface area contributed by atoms with Gasteiger partial charge in [-0.1, -0.05) is 0 Å². The maximum atomic E-state index is 5.63. The highest BCUT2D eigenvalue weighted by molar-refractivity contribution is 6.18. The quantitative estimate of drug-likeness (QED) is 0.690. The maximum Gasteiger partial charge on any atom is 0.217 e. The molecular weight excluding hydrogens is 192 g/mol. The maximum absolute atomic E-state index is 5.63. The van der Waals surface area contributed by atoms with E-state index in [1.807, 2.05) is 19.1 Å². The minimum Gasteiger partial charge on any atom is -0.461 e. The molecule has 2 heterocycles. The molecule has 0 aromatic carbocycles. The van der Waals surface area contributed by atoms with E-state index >= 15 is 0 Å². The minimum absolute atomic E-state index is 0.0166. The third kappa shape index (κ3) is 1.88. The largest absolute Gasteiger partial charge is 0.461 e. The van der Waals surface area contributed by atoms with E-state index in [-0.39, 0.29) is 12.4 Å². The van der Waals surface area contributed by atoms with Crippen molar-refractivity contribution in [2.45, 2.75) is 19.3 Å². The highest BCUT2D eigenvalue weighted by atomic mass is 35.5. The van der Waals surface area contributed by atoms with Crippen LogP contribution in [-0.2, 0) is 9.47 Å². The zero-order chi connectivity index (χ0) is 9.26. The second-order valence-electron chi connectivity index (χ2n) is 3.03. The molecule has 2 unspecified atom stereocenters. The van der Waals surface area contributed by atoms with Crippen molar-refractivity contribution < 1.29 is 13.9 Å². The topological polar surface area (TPSA) is 31.6 Å². The van der Waals surface area contributed by atoms with Gasteiger partial charge < -0.3 is 13.9 Å². The Bertz CT molecular complexity index is 284. The smallest absolute Gasteiger partial charge is 0.217 e. The first-order chi connectivity index (χ1) is 6.29. The van der Waals surface area contributed by atoms with Crippen LogP contribution in [0.5, 0.6) is 0 Å². The first kappa shape index (κ1) is 9.06. The molecule has 2 rings (SSSR count). The molecule has 72 valence electrons. The molecule has 13 heavy (non-hydrogen) atoms. The average Bonchev–Trinajstić information content (AvgIpc) is 2.71. The fourth-order valence-electron chi connectivity index (χ4n) is 1.26. The van der Waals surface area contributed by atoms with Gasteiger partial charge in [-0.15, -0.1) is 11.6 Å². The molecule has 1 aromatic rings. The highest BCUT2D eigenvalue weighted by Gasteiger charge is 2.28. The molecule has 2 atom stereocenters. The summed E-state index contributed by atoms with van der Waals surface area (Å²) in [6.07, 6.45) is -0.394. The van der Waals surface area contributed by atoms with Crippen molar-refractivity contribution in [1.29, 1.82) is 0 Å². The van der Waals surface area contributed by atoms with Crippen molar-refractivity contribution in [2.24, 2.45) is 0 Å². The summed E-state index contributed by atoms with van der Waals surface area (Å²) in [5, 5.41) is 0. The monoisotopic (exact) mass is 202 g/mol. The fraction of sp³-hybridized carbons (Fsp3) is 0.556. The van der Waals surface area contributed by atoms with Gasteiger partial charge in [-0.3, -0.25) is 0 Å². The lowest BCUT2D eigenvalue weighted by atomic mass is 10.4. The lowest BCUT2D eigenvalue weighted by Gasteiger charge is -2.06. The number of alkyl halides is 1. The molecule has 0 aliphatic carbocycles. The summed E-state index contributed by atoms with van der Waals surface area (Å²) in [5.74, 6) is 2.03.